The average Bonchev–Trinajstić information content (AvgIpc) is 3.10. The van der Waals surface area contributed by atoms with Gasteiger partial charge in [-0.15, -0.1) is 0 Å². The van der Waals surface area contributed by atoms with Crippen molar-refractivity contribution in [2.75, 3.05) is 0 Å². The first-order valence-electron chi connectivity index (χ1n) is 9.48. The third kappa shape index (κ3) is 5.13. The van der Waals surface area contributed by atoms with E-state index in [1.807, 2.05) is 66.3 Å². The van der Waals surface area contributed by atoms with E-state index in [0.29, 0.717) is 15.6 Å². The number of carbonyl (C=O) groups is 1. The molecule has 0 saturated heterocycles. The van der Waals surface area contributed by atoms with Crippen molar-refractivity contribution in [3.63, 3.8) is 0 Å². The number of aryl methyl sites for hydroxylation is 1. The fourth-order valence-electron chi connectivity index (χ4n) is 3.06. The minimum absolute atomic E-state index is 0.0927. The van der Waals surface area contributed by atoms with Crippen LogP contribution in [0.3, 0.4) is 0 Å². The number of nitrogens with zero attached hydrogens (tertiary/aromatic N) is 2. The summed E-state index contributed by atoms with van der Waals surface area (Å²) in [5.74, 6) is -0.415. The SMILES string of the molecule is Cn1nc(-c2ccccc2)c(COC(=O)c2ccc(Cl)cc2)c1Sc1ccc(Cl)cc1. The highest BCUT2D eigenvalue weighted by Crippen LogP contribution is 2.36. The van der Waals surface area contributed by atoms with E-state index in [2.05, 4.69) is 0 Å². The van der Waals surface area contributed by atoms with Crippen molar-refractivity contribution in [2.24, 2.45) is 7.05 Å². The number of esters is 1. The predicted molar refractivity (Wildman–Crippen MR) is 125 cm³/mol. The largest absolute Gasteiger partial charge is 0.457 e. The molecule has 0 fully saturated rings. The van der Waals surface area contributed by atoms with Gasteiger partial charge in [0.05, 0.1) is 5.56 Å². The smallest absolute Gasteiger partial charge is 0.338 e. The predicted octanol–water partition coefficient (Wildman–Crippen LogP) is 6.90. The molecule has 0 aliphatic heterocycles. The lowest BCUT2D eigenvalue weighted by molar-refractivity contribution is 0.0470. The van der Waals surface area contributed by atoms with Gasteiger partial charge >= 0.3 is 5.97 Å². The number of ether oxygens (including phenoxy) is 1. The Balaban J connectivity index is 1.66. The topological polar surface area (TPSA) is 44.1 Å². The molecule has 0 spiro atoms. The highest BCUT2D eigenvalue weighted by molar-refractivity contribution is 7.99. The van der Waals surface area contributed by atoms with Crippen LogP contribution in [-0.4, -0.2) is 15.7 Å². The Morgan fingerprint density at radius 2 is 1.55 bits per heavy atom. The molecule has 0 N–H and O–H groups in total. The van der Waals surface area contributed by atoms with E-state index in [1.54, 1.807) is 36.0 Å². The summed E-state index contributed by atoms with van der Waals surface area (Å²) in [5, 5.41) is 6.86. The summed E-state index contributed by atoms with van der Waals surface area (Å²) in [6.45, 7) is 0.0927. The minimum atomic E-state index is -0.415. The second-order valence-corrected chi connectivity index (χ2v) is 8.70. The van der Waals surface area contributed by atoms with Gasteiger partial charge in [-0.3, -0.25) is 4.68 Å². The lowest BCUT2D eigenvalue weighted by atomic mass is 10.1. The number of hydrogen-bond donors (Lipinski definition) is 0. The van der Waals surface area contributed by atoms with Gasteiger partial charge in [-0.1, -0.05) is 65.3 Å². The Morgan fingerprint density at radius 3 is 2.19 bits per heavy atom. The third-order valence-electron chi connectivity index (χ3n) is 4.59. The molecule has 0 radical (unpaired) electrons. The molecule has 0 bridgehead atoms. The van der Waals surface area contributed by atoms with Crippen molar-refractivity contribution >= 4 is 40.9 Å². The van der Waals surface area contributed by atoms with Gasteiger partial charge in [0.15, 0.2) is 0 Å². The van der Waals surface area contributed by atoms with Crippen molar-refractivity contribution in [1.82, 2.24) is 9.78 Å². The highest BCUT2D eigenvalue weighted by Gasteiger charge is 2.20. The molecule has 4 nitrogen and oxygen atoms in total. The van der Waals surface area contributed by atoms with Crippen molar-refractivity contribution < 1.29 is 9.53 Å². The van der Waals surface area contributed by atoms with E-state index < -0.39 is 5.97 Å². The Bertz CT molecular complexity index is 1190. The van der Waals surface area contributed by atoms with E-state index in [4.69, 9.17) is 33.0 Å². The summed E-state index contributed by atoms with van der Waals surface area (Å²) in [5.41, 5.74) is 3.03. The molecule has 0 atom stereocenters. The average molecular weight is 469 g/mol. The Kier molecular flexibility index (Phi) is 6.66. The molecule has 1 heterocycles. The van der Waals surface area contributed by atoms with Crippen LogP contribution in [0.1, 0.15) is 15.9 Å². The summed E-state index contributed by atoms with van der Waals surface area (Å²) in [6.07, 6.45) is 0. The second-order valence-electron chi connectivity index (χ2n) is 6.76. The van der Waals surface area contributed by atoms with Crippen LogP contribution in [0.2, 0.25) is 10.0 Å². The van der Waals surface area contributed by atoms with Gasteiger partial charge < -0.3 is 4.74 Å². The van der Waals surface area contributed by atoms with Crippen LogP contribution in [0, 0.1) is 0 Å². The number of halogens is 2. The van der Waals surface area contributed by atoms with Crippen molar-refractivity contribution in [3.8, 4) is 11.3 Å². The number of rotatable bonds is 6. The van der Waals surface area contributed by atoms with E-state index >= 15 is 0 Å². The molecule has 0 amide bonds. The van der Waals surface area contributed by atoms with Crippen molar-refractivity contribution in [1.29, 1.82) is 0 Å². The van der Waals surface area contributed by atoms with Crippen LogP contribution in [0.25, 0.3) is 11.3 Å². The molecule has 0 unspecified atom stereocenters. The van der Waals surface area contributed by atoms with Crippen LogP contribution in [-0.2, 0) is 18.4 Å². The first-order chi connectivity index (χ1) is 15.0. The van der Waals surface area contributed by atoms with E-state index in [1.165, 1.54) is 0 Å². The van der Waals surface area contributed by atoms with Gasteiger partial charge in [0.2, 0.25) is 0 Å². The van der Waals surface area contributed by atoms with Crippen LogP contribution in [0.4, 0.5) is 0 Å². The van der Waals surface area contributed by atoms with Crippen LogP contribution in [0.5, 0.6) is 0 Å². The minimum Gasteiger partial charge on any atom is -0.457 e. The fraction of sp³-hybridized carbons (Fsp3) is 0.0833. The Labute approximate surface area is 194 Å². The third-order valence-corrected chi connectivity index (χ3v) is 6.31. The summed E-state index contributed by atoms with van der Waals surface area (Å²) in [7, 11) is 1.88. The Morgan fingerprint density at radius 1 is 0.935 bits per heavy atom. The second kappa shape index (κ2) is 9.60. The van der Waals surface area contributed by atoms with E-state index in [9.17, 15) is 4.79 Å². The monoisotopic (exact) mass is 468 g/mol. The molecule has 3 aromatic carbocycles. The Hall–Kier alpha value is -2.73. The molecular weight excluding hydrogens is 451 g/mol. The van der Waals surface area contributed by atoms with Gasteiger partial charge in [-0.2, -0.15) is 5.10 Å². The van der Waals surface area contributed by atoms with Gasteiger partial charge in [0.1, 0.15) is 17.3 Å². The molecule has 4 aromatic rings. The lowest BCUT2D eigenvalue weighted by Gasteiger charge is -2.09. The molecule has 0 saturated carbocycles. The number of hydrogen-bond acceptors (Lipinski definition) is 4. The van der Waals surface area contributed by atoms with Gasteiger partial charge in [0.25, 0.3) is 0 Å². The standard InChI is InChI=1S/C24H18Cl2N2O2S/c1-28-23(31-20-13-11-19(26)12-14-20)21(22(27-28)16-5-3-2-4-6-16)15-30-24(29)17-7-9-18(25)10-8-17/h2-14H,15H2,1H3. The molecular formula is C24H18Cl2N2O2S. The van der Waals surface area contributed by atoms with Crippen LogP contribution < -0.4 is 0 Å². The molecule has 4 rings (SSSR count). The maximum Gasteiger partial charge on any atom is 0.338 e. The number of carbonyl (C=O) groups excluding carboxylic acids is 1. The number of aromatic nitrogens is 2. The first-order valence-corrected chi connectivity index (χ1v) is 11.1. The van der Waals surface area contributed by atoms with E-state index in [-0.39, 0.29) is 6.61 Å². The maximum absolute atomic E-state index is 12.6. The molecule has 156 valence electrons. The molecule has 1 aromatic heterocycles. The molecule has 7 heteroatoms. The zero-order chi connectivity index (χ0) is 21.8. The summed E-state index contributed by atoms with van der Waals surface area (Å²) >= 11 is 13.5. The zero-order valence-electron chi connectivity index (χ0n) is 16.6. The number of benzene rings is 3. The summed E-state index contributed by atoms with van der Waals surface area (Å²) in [4.78, 5) is 13.6. The zero-order valence-corrected chi connectivity index (χ0v) is 18.9. The van der Waals surface area contributed by atoms with E-state index in [0.717, 1.165) is 26.7 Å². The van der Waals surface area contributed by atoms with Crippen LogP contribution >= 0.6 is 35.0 Å². The summed E-state index contributed by atoms with van der Waals surface area (Å²) < 4.78 is 7.47. The quantitative estimate of drug-likeness (QED) is 0.288. The van der Waals surface area contributed by atoms with Gasteiger partial charge in [0, 0.05) is 33.1 Å². The molecule has 0 aliphatic rings. The van der Waals surface area contributed by atoms with Crippen molar-refractivity contribution in [2.45, 2.75) is 16.5 Å². The highest BCUT2D eigenvalue weighted by atomic mass is 35.5. The van der Waals surface area contributed by atoms with Crippen molar-refractivity contribution in [3.05, 3.63) is 100 Å². The first kappa shape index (κ1) is 21.5. The summed E-state index contributed by atoms with van der Waals surface area (Å²) in [6, 6.07) is 24.1. The lowest BCUT2D eigenvalue weighted by Crippen LogP contribution is -2.06. The van der Waals surface area contributed by atoms with Gasteiger partial charge in [-0.05, 0) is 48.5 Å². The fourth-order valence-corrected chi connectivity index (χ4v) is 4.26. The molecule has 0 aliphatic carbocycles. The van der Waals surface area contributed by atoms with Crippen LogP contribution in [0.15, 0.2) is 88.8 Å². The maximum atomic E-state index is 12.6. The normalized spacial score (nSPS) is 10.8. The van der Waals surface area contributed by atoms with Gasteiger partial charge in [-0.25, -0.2) is 4.79 Å². The molecule has 31 heavy (non-hydrogen) atoms.